The van der Waals surface area contributed by atoms with E-state index in [9.17, 15) is 0 Å². The summed E-state index contributed by atoms with van der Waals surface area (Å²) in [5.74, 6) is 0. The van der Waals surface area contributed by atoms with Crippen molar-refractivity contribution in [1.29, 1.82) is 0 Å². The monoisotopic (exact) mass is 231 g/mol. The first-order chi connectivity index (χ1) is 8.34. The number of hydrogen-bond acceptors (Lipinski definition) is 3. The molecular weight excluding hydrogens is 214 g/mol. The lowest BCUT2D eigenvalue weighted by molar-refractivity contribution is 0.134. The predicted octanol–water partition coefficient (Wildman–Crippen LogP) is 2.41. The van der Waals surface area contributed by atoms with Crippen LogP contribution in [0, 0.1) is 0 Å². The Kier molecular flexibility index (Phi) is 2.87. The molecule has 0 amide bonds. The normalized spacial score (nSPS) is 20.4. The molecule has 2 N–H and O–H groups in total. The van der Waals surface area contributed by atoms with Gasteiger partial charge in [0.25, 0.3) is 0 Å². The van der Waals surface area contributed by atoms with Gasteiger partial charge in [0.2, 0.25) is 0 Å². The molecule has 0 aromatic heterocycles. The Labute approximate surface area is 101 Å². The molecule has 1 unspecified atom stereocenters. The van der Waals surface area contributed by atoms with Gasteiger partial charge in [-0.3, -0.25) is 0 Å². The third-order valence-electron chi connectivity index (χ3n) is 3.47. The molecule has 0 saturated heterocycles. The van der Waals surface area contributed by atoms with Gasteiger partial charge in [-0.1, -0.05) is 18.2 Å². The van der Waals surface area contributed by atoms with Crippen molar-refractivity contribution < 1.29 is 9.47 Å². The molecule has 2 heterocycles. The summed E-state index contributed by atoms with van der Waals surface area (Å²) >= 11 is 0. The number of fused-ring (bicyclic) bond motifs is 1. The molecule has 2 aliphatic heterocycles. The second kappa shape index (κ2) is 4.51. The molecule has 1 aromatic carbocycles. The quantitative estimate of drug-likeness (QED) is 0.850. The molecule has 90 valence electrons. The van der Waals surface area contributed by atoms with Crippen LogP contribution < -0.4 is 5.73 Å². The van der Waals surface area contributed by atoms with Gasteiger partial charge in [0.15, 0.2) is 0 Å². The van der Waals surface area contributed by atoms with Crippen molar-refractivity contribution in [1.82, 2.24) is 0 Å². The fraction of sp³-hybridized carbons (Fsp3) is 0.429. The van der Waals surface area contributed by atoms with E-state index in [0.29, 0.717) is 6.61 Å². The van der Waals surface area contributed by atoms with Crippen LogP contribution in [0.4, 0.5) is 0 Å². The smallest absolute Gasteiger partial charge is 0.0876 e. The van der Waals surface area contributed by atoms with Crippen molar-refractivity contribution in [2.24, 2.45) is 5.73 Å². The molecule has 0 spiro atoms. The second-order valence-corrected chi connectivity index (χ2v) is 4.67. The van der Waals surface area contributed by atoms with Gasteiger partial charge in [0.05, 0.1) is 32.1 Å². The van der Waals surface area contributed by atoms with Crippen LogP contribution in [0.1, 0.15) is 35.6 Å². The zero-order valence-corrected chi connectivity index (χ0v) is 9.82. The number of ether oxygens (including phenoxy) is 2. The van der Waals surface area contributed by atoms with Gasteiger partial charge >= 0.3 is 0 Å². The largest absolute Gasteiger partial charge is 0.501 e. The van der Waals surface area contributed by atoms with Crippen molar-refractivity contribution in [3.63, 3.8) is 0 Å². The Morgan fingerprint density at radius 3 is 2.88 bits per heavy atom. The maximum atomic E-state index is 6.27. The van der Waals surface area contributed by atoms with Crippen molar-refractivity contribution >= 4 is 0 Å². The number of nitrogens with two attached hydrogens (primary N) is 1. The molecule has 0 aliphatic carbocycles. The highest BCUT2D eigenvalue weighted by Crippen LogP contribution is 2.29. The summed E-state index contributed by atoms with van der Waals surface area (Å²) in [4.78, 5) is 0. The lowest BCUT2D eigenvalue weighted by Crippen LogP contribution is -2.16. The molecule has 0 radical (unpaired) electrons. The Morgan fingerprint density at radius 2 is 2.06 bits per heavy atom. The van der Waals surface area contributed by atoms with Crippen LogP contribution in [0.25, 0.3) is 0 Å². The van der Waals surface area contributed by atoms with Crippen molar-refractivity contribution in [2.45, 2.75) is 32.1 Å². The molecule has 3 heteroatoms. The third-order valence-corrected chi connectivity index (χ3v) is 3.47. The van der Waals surface area contributed by atoms with Gasteiger partial charge in [-0.2, -0.15) is 0 Å². The van der Waals surface area contributed by atoms with E-state index in [2.05, 4.69) is 18.2 Å². The summed E-state index contributed by atoms with van der Waals surface area (Å²) in [5.41, 5.74) is 11.2. The first-order valence-electron chi connectivity index (χ1n) is 6.10. The van der Waals surface area contributed by atoms with Gasteiger partial charge in [-0.25, -0.2) is 0 Å². The van der Waals surface area contributed by atoms with Gasteiger partial charge in [-0.15, -0.1) is 0 Å². The number of hydrogen-bond donors (Lipinski definition) is 1. The molecular formula is C14H17NO2. The zero-order chi connectivity index (χ0) is 11.7. The highest BCUT2D eigenvalue weighted by Gasteiger charge is 2.18. The molecule has 17 heavy (non-hydrogen) atoms. The summed E-state index contributed by atoms with van der Waals surface area (Å²) in [5, 5.41) is 0. The SMILES string of the molecule is NC(C1=COCCC1)c1ccc2c(c1)COC2. The van der Waals surface area contributed by atoms with E-state index in [0.717, 1.165) is 31.6 Å². The summed E-state index contributed by atoms with van der Waals surface area (Å²) in [6.07, 6.45) is 3.93. The predicted molar refractivity (Wildman–Crippen MR) is 65.1 cm³/mol. The molecule has 3 rings (SSSR count). The average molecular weight is 231 g/mol. The highest BCUT2D eigenvalue weighted by molar-refractivity contribution is 5.37. The van der Waals surface area contributed by atoms with Crippen molar-refractivity contribution in [2.75, 3.05) is 6.61 Å². The molecule has 1 aromatic rings. The molecule has 0 saturated carbocycles. The van der Waals surface area contributed by atoms with Gasteiger partial charge < -0.3 is 15.2 Å². The Balaban J connectivity index is 1.86. The van der Waals surface area contributed by atoms with E-state index in [-0.39, 0.29) is 6.04 Å². The zero-order valence-electron chi connectivity index (χ0n) is 9.82. The molecule has 2 aliphatic rings. The molecule has 3 nitrogen and oxygen atoms in total. The van der Waals surface area contributed by atoms with Crippen LogP contribution >= 0.6 is 0 Å². The van der Waals surface area contributed by atoms with Crippen LogP contribution in [0.5, 0.6) is 0 Å². The maximum Gasteiger partial charge on any atom is 0.0876 e. The highest BCUT2D eigenvalue weighted by atomic mass is 16.5. The minimum atomic E-state index is -0.0406. The number of benzene rings is 1. The maximum absolute atomic E-state index is 6.27. The topological polar surface area (TPSA) is 44.5 Å². The van der Waals surface area contributed by atoms with Crippen LogP contribution in [0.15, 0.2) is 30.0 Å². The summed E-state index contributed by atoms with van der Waals surface area (Å²) in [7, 11) is 0. The van der Waals surface area contributed by atoms with E-state index in [1.54, 1.807) is 0 Å². The van der Waals surface area contributed by atoms with Crippen LogP contribution in [-0.4, -0.2) is 6.61 Å². The second-order valence-electron chi connectivity index (χ2n) is 4.67. The van der Waals surface area contributed by atoms with Crippen molar-refractivity contribution in [3.8, 4) is 0 Å². The molecule has 1 atom stereocenters. The summed E-state index contributed by atoms with van der Waals surface area (Å²) in [6, 6.07) is 6.36. The van der Waals surface area contributed by atoms with Crippen LogP contribution in [-0.2, 0) is 22.7 Å². The van der Waals surface area contributed by atoms with Crippen molar-refractivity contribution in [3.05, 3.63) is 46.7 Å². The summed E-state index contributed by atoms with van der Waals surface area (Å²) < 4.78 is 10.8. The van der Waals surface area contributed by atoms with Crippen LogP contribution in [0.3, 0.4) is 0 Å². The lowest BCUT2D eigenvalue weighted by atomic mass is 9.94. The fourth-order valence-electron chi connectivity index (χ4n) is 2.41. The van der Waals surface area contributed by atoms with E-state index in [4.69, 9.17) is 15.2 Å². The lowest BCUT2D eigenvalue weighted by Gasteiger charge is -2.20. The van der Waals surface area contributed by atoms with Crippen LogP contribution in [0.2, 0.25) is 0 Å². The Bertz CT molecular complexity index is 454. The van der Waals surface area contributed by atoms with E-state index >= 15 is 0 Å². The van der Waals surface area contributed by atoms with E-state index in [1.165, 1.54) is 16.7 Å². The third kappa shape index (κ3) is 2.08. The van der Waals surface area contributed by atoms with Gasteiger partial charge in [-0.05, 0) is 35.1 Å². The molecule has 0 bridgehead atoms. The fourth-order valence-corrected chi connectivity index (χ4v) is 2.41. The van der Waals surface area contributed by atoms with E-state index in [1.807, 2.05) is 6.26 Å². The van der Waals surface area contributed by atoms with E-state index < -0.39 is 0 Å². The number of rotatable bonds is 2. The minimum Gasteiger partial charge on any atom is -0.501 e. The standard InChI is InChI=1S/C14H17NO2/c15-14(12-2-1-5-16-8-12)10-3-4-11-7-17-9-13(11)6-10/h3-4,6,8,14H,1-2,5,7,9,15H2. The Morgan fingerprint density at radius 1 is 1.18 bits per heavy atom. The first kappa shape index (κ1) is 10.8. The molecule has 0 fully saturated rings. The first-order valence-corrected chi connectivity index (χ1v) is 6.10. The van der Waals surface area contributed by atoms with Gasteiger partial charge in [0.1, 0.15) is 0 Å². The summed E-state index contributed by atoms with van der Waals surface area (Å²) in [6.45, 7) is 2.26. The minimum absolute atomic E-state index is 0.0406. The van der Waals surface area contributed by atoms with Gasteiger partial charge in [0, 0.05) is 0 Å². The Hall–Kier alpha value is -1.32. The average Bonchev–Trinajstić information content (AvgIpc) is 2.86.